The number of amides is 1. The van der Waals surface area contributed by atoms with Crippen molar-refractivity contribution < 1.29 is 23.8 Å². The number of hydrogen-bond donors (Lipinski definition) is 1. The summed E-state index contributed by atoms with van der Waals surface area (Å²) >= 11 is 6.03. The molecule has 1 amide bonds. The Bertz CT molecular complexity index is 892. The van der Waals surface area contributed by atoms with Crippen LogP contribution >= 0.6 is 11.6 Å². The van der Waals surface area contributed by atoms with Crippen LogP contribution in [0.25, 0.3) is 0 Å². The summed E-state index contributed by atoms with van der Waals surface area (Å²) in [4.78, 5) is 28.5. The lowest BCUT2D eigenvalue weighted by atomic mass is 10.1. The van der Waals surface area contributed by atoms with Crippen molar-refractivity contribution in [1.29, 1.82) is 0 Å². The molecule has 2 aromatic rings. The average Bonchev–Trinajstić information content (AvgIpc) is 2.65. The standard InChI is InChI=1S/C20H21ClN2O5/c1-11-8-12(2)22-19(21)18(11)20(25)28-10-17(24)23-13(3)14-4-5-15-16(9-14)27-7-6-26-15/h4-5,8-9,13H,6-7,10H2,1-3H3,(H,23,24)/t13-/m0/s1. The highest BCUT2D eigenvalue weighted by molar-refractivity contribution is 6.32. The molecular formula is C20H21ClN2O5. The third-order valence-corrected chi connectivity index (χ3v) is 4.56. The van der Waals surface area contributed by atoms with Crippen molar-refractivity contribution in [2.45, 2.75) is 26.8 Å². The minimum Gasteiger partial charge on any atom is -0.486 e. The zero-order valence-electron chi connectivity index (χ0n) is 15.9. The fraction of sp³-hybridized carbons (Fsp3) is 0.350. The highest BCUT2D eigenvalue weighted by Crippen LogP contribution is 2.32. The van der Waals surface area contributed by atoms with Crippen molar-refractivity contribution in [3.63, 3.8) is 0 Å². The summed E-state index contributed by atoms with van der Waals surface area (Å²) in [6.45, 7) is 5.93. The molecule has 0 bridgehead atoms. The zero-order valence-corrected chi connectivity index (χ0v) is 16.6. The van der Waals surface area contributed by atoms with E-state index in [1.165, 1.54) is 0 Å². The maximum absolute atomic E-state index is 12.3. The molecular weight excluding hydrogens is 384 g/mol. The monoisotopic (exact) mass is 404 g/mol. The van der Waals surface area contributed by atoms with Crippen LogP contribution in [0.3, 0.4) is 0 Å². The summed E-state index contributed by atoms with van der Waals surface area (Å²) in [5.41, 5.74) is 2.36. The van der Waals surface area contributed by atoms with Crippen LogP contribution in [0.15, 0.2) is 24.3 Å². The van der Waals surface area contributed by atoms with Crippen LogP contribution in [0.1, 0.15) is 40.1 Å². The van der Waals surface area contributed by atoms with E-state index in [0.717, 1.165) is 5.56 Å². The zero-order chi connectivity index (χ0) is 20.3. The molecule has 0 unspecified atom stereocenters. The van der Waals surface area contributed by atoms with Gasteiger partial charge >= 0.3 is 5.97 Å². The first-order valence-corrected chi connectivity index (χ1v) is 9.22. The number of rotatable bonds is 5. The summed E-state index contributed by atoms with van der Waals surface area (Å²) in [7, 11) is 0. The lowest BCUT2D eigenvalue weighted by molar-refractivity contribution is -0.124. The number of nitrogens with one attached hydrogen (secondary N) is 1. The number of fused-ring (bicyclic) bond motifs is 1. The van der Waals surface area contributed by atoms with E-state index in [4.69, 9.17) is 25.8 Å². The van der Waals surface area contributed by atoms with Crippen molar-refractivity contribution in [1.82, 2.24) is 10.3 Å². The van der Waals surface area contributed by atoms with Crippen molar-refractivity contribution >= 4 is 23.5 Å². The van der Waals surface area contributed by atoms with Gasteiger partial charge in [0.1, 0.15) is 18.4 Å². The van der Waals surface area contributed by atoms with Crippen molar-refractivity contribution in [3.05, 3.63) is 51.8 Å². The molecule has 0 saturated heterocycles. The third-order valence-electron chi connectivity index (χ3n) is 4.28. The molecule has 0 saturated carbocycles. The number of nitrogens with zero attached hydrogens (tertiary/aromatic N) is 1. The molecule has 2 heterocycles. The van der Waals surface area contributed by atoms with Gasteiger partial charge in [-0.05, 0) is 50.1 Å². The molecule has 28 heavy (non-hydrogen) atoms. The second-order valence-corrected chi connectivity index (χ2v) is 6.87. The quantitative estimate of drug-likeness (QED) is 0.608. The van der Waals surface area contributed by atoms with E-state index in [9.17, 15) is 9.59 Å². The van der Waals surface area contributed by atoms with Crippen molar-refractivity contribution in [2.24, 2.45) is 0 Å². The van der Waals surface area contributed by atoms with Crippen molar-refractivity contribution in [3.8, 4) is 11.5 Å². The minimum absolute atomic E-state index is 0.0626. The third kappa shape index (κ3) is 4.54. The summed E-state index contributed by atoms with van der Waals surface area (Å²) in [6, 6.07) is 6.92. The minimum atomic E-state index is -0.683. The van der Waals surface area contributed by atoms with Crippen LogP contribution in [0.4, 0.5) is 0 Å². The van der Waals surface area contributed by atoms with Gasteiger partial charge in [-0.3, -0.25) is 4.79 Å². The molecule has 8 heteroatoms. The molecule has 1 aliphatic rings. The number of carbonyl (C=O) groups is 2. The Morgan fingerprint density at radius 2 is 1.93 bits per heavy atom. The Morgan fingerprint density at radius 1 is 1.21 bits per heavy atom. The lowest BCUT2D eigenvalue weighted by Crippen LogP contribution is -2.31. The first kappa shape index (κ1) is 19.9. The number of halogens is 1. The fourth-order valence-electron chi connectivity index (χ4n) is 2.94. The van der Waals surface area contributed by atoms with E-state index in [-0.39, 0.29) is 16.8 Å². The number of carbonyl (C=O) groups excluding carboxylic acids is 2. The molecule has 0 spiro atoms. The van der Waals surface area contributed by atoms with E-state index in [1.807, 2.05) is 25.1 Å². The Balaban J connectivity index is 1.58. The lowest BCUT2D eigenvalue weighted by Gasteiger charge is -2.21. The molecule has 0 aliphatic carbocycles. The summed E-state index contributed by atoms with van der Waals surface area (Å²) in [6.07, 6.45) is 0. The first-order chi connectivity index (χ1) is 13.3. The molecule has 7 nitrogen and oxygen atoms in total. The number of hydrogen-bond acceptors (Lipinski definition) is 6. The van der Waals surface area contributed by atoms with Gasteiger partial charge in [-0.25, -0.2) is 9.78 Å². The maximum atomic E-state index is 12.3. The molecule has 1 aliphatic heterocycles. The molecule has 3 rings (SSSR count). The van der Waals surface area contributed by atoms with E-state index in [1.54, 1.807) is 19.9 Å². The van der Waals surface area contributed by atoms with Crippen LogP contribution < -0.4 is 14.8 Å². The smallest absolute Gasteiger partial charge is 0.342 e. The number of aromatic nitrogens is 1. The Hall–Kier alpha value is -2.80. The molecule has 0 fully saturated rings. The van der Waals surface area contributed by atoms with Crippen LogP contribution in [-0.4, -0.2) is 36.7 Å². The molecule has 148 valence electrons. The molecule has 0 radical (unpaired) electrons. The predicted molar refractivity (Wildman–Crippen MR) is 103 cm³/mol. The fourth-order valence-corrected chi connectivity index (χ4v) is 3.29. The van der Waals surface area contributed by atoms with Gasteiger partial charge in [0.25, 0.3) is 5.91 Å². The first-order valence-electron chi connectivity index (χ1n) is 8.85. The number of aryl methyl sites for hydroxylation is 2. The summed E-state index contributed by atoms with van der Waals surface area (Å²) < 4.78 is 16.1. The molecule has 1 aromatic heterocycles. The van der Waals surface area contributed by atoms with Gasteiger partial charge < -0.3 is 19.5 Å². The van der Waals surface area contributed by atoms with Crippen molar-refractivity contribution in [2.75, 3.05) is 19.8 Å². The van der Waals surface area contributed by atoms with Crippen LogP contribution in [-0.2, 0) is 9.53 Å². The van der Waals surface area contributed by atoms with Gasteiger partial charge in [-0.1, -0.05) is 17.7 Å². The molecule has 1 N–H and O–H groups in total. The van der Waals surface area contributed by atoms with Gasteiger partial charge in [-0.2, -0.15) is 0 Å². The van der Waals surface area contributed by atoms with Gasteiger partial charge in [0.2, 0.25) is 0 Å². The SMILES string of the molecule is Cc1cc(C)c(C(=O)OCC(=O)N[C@@H](C)c2ccc3c(c2)OCCO3)c(Cl)n1. The van der Waals surface area contributed by atoms with Gasteiger partial charge in [0.05, 0.1) is 11.6 Å². The number of esters is 1. The molecule has 1 aromatic carbocycles. The Labute approximate surface area is 168 Å². The summed E-state index contributed by atoms with van der Waals surface area (Å²) in [5.74, 6) is 0.219. The number of benzene rings is 1. The maximum Gasteiger partial charge on any atom is 0.342 e. The number of ether oxygens (including phenoxy) is 3. The Kier molecular flexibility index (Phi) is 6.04. The van der Waals surface area contributed by atoms with Gasteiger partial charge in [0, 0.05) is 5.69 Å². The van der Waals surface area contributed by atoms with Crippen LogP contribution in [0.5, 0.6) is 11.5 Å². The highest BCUT2D eigenvalue weighted by Gasteiger charge is 2.20. The second-order valence-electron chi connectivity index (χ2n) is 6.51. The van der Waals surface area contributed by atoms with E-state index < -0.39 is 18.5 Å². The van der Waals surface area contributed by atoms with E-state index >= 15 is 0 Å². The largest absolute Gasteiger partial charge is 0.486 e. The topological polar surface area (TPSA) is 86.8 Å². The summed E-state index contributed by atoms with van der Waals surface area (Å²) in [5, 5.41) is 2.85. The molecule has 1 atom stereocenters. The average molecular weight is 405 g/mol. The van der Waals surface area contributed by atoms with Gasteiger partial charge in [-0.15, -0.1) is 0 Å². The van der Waals surface area contributed by atoms with Gasteiger partial charge in [0.15, 0.2) is 18.1 Å². The second kappa shape index (κ2) is 8.48. The highest BCUT2D eigenvalue weighted by atomic mass is 35.5. The van der Waals surface area contributed by atoms with Crippen LogP contribution in [0.2, 0.25) is 5.15 Å². The normalized spacial score (nSPS) is 13.6. The van der Waals surface area contributed by atoms with Crippen LogP contribution in [0, 0.1) is 13.8 Å². The Morgan fingerprint density at radius 3 is 2.64 bits per heavy atom. The van der Waals surface area contributed by atoms with E-state index in [2.05, 4.69) is 10.3 Å². The predicted octanol–water partition coefficient (Wildman–Crippen LogP) is 3.16. The van der Waals surface area contributed by atoms with E-state index in [0.29, 0.717) is 36.0 Å². The number of pyridine rings is 1.